The second kappa shape index (κ2) is 4.99. The maximum atomic E-state index is 4.58. The smallest absolute Gasteiger partial charge is 0.132 e. The molecule has 3 heterocycles. The highest BCUT2D eigenvalue weighted by molar-refractivity contribution is 5.43. The zero-order valence-electron chi connectivity index (χ0n) is 11.5. The number of fused-ring (bicyclic) bond motifs is 1. The SMILES string of the molecule is CCCc1cc(N2CCc3[nH]ncc3C2)nc(C)n1. The molecule has 5 heteroatoms. The summed E-state index contributed by atoms with van der Waals surface area (Å²) in [5.41, 5.74) is 3.68. The number of nitrogens with zero attached hydrogens (tertiary/aromatic N) is 4. The van der Waals surface area contributed by atoms with Gasteiger partial charge in [-0.25, -0.2) is 9.97 Å². The molecule has 1 aliphatic rings. The van der Waals surface area contributed by atoms with Gasteiger partial charge in [-0.05, 0) is 13.3 Å². The maximum absolute atomic E-state index is 4.58. The predicted molar refractivity (Wildman–Crippen MR) is 74.1 cm³/mol. The lowest BCUT2D eigenvalue weighted by atomic mass is 10.1. The van der Waals surface area contributed by atoms with Gasteiger partial charge in [0.1, 0.15) is 11.6 Å². The van der Waals surface area contributed by atoms with Crippen molar-refractivity contribution in [2.75, 3.05) is 11.4 Å². The number of hydrogen-bond donors (Lipinski definition) is 1. The summed E-state index contributed by atoms with van der Waals surface area (Å²) in [6.45, 7) is 6.01. The Bertz CT molecular complexity index is 575. The van der Waals surface area contributed by atoms with E-state index in [4.69, 9.17) is 0 Å². The lowest BCUT2D eigenvalue weighted by Gasteiger charge is -2.28. The van der Waals surface area contributed by atoms with E-state index in [1.807, 2.05) is 13.1 Å². The molecule has 5 nitrogen and oxygen atoms in total. The van der Waals surface area contributed by atoms with E-state index in [1.165, 1.54) is 11.3 Å². The van der Waals surface area contributed by atoms with E-state index in [0.717, 1.165) is 49.7 Å². The molecule has 0 bridgehead atoms. The molecule has 3 rings (SSSR count). The van der Waals surface area contributed by atoms with Crippen LogP contribution in [0.3, 0.4) is 0 Å². The largest absolute Gasteiger partial charge is 0.352 e. The highest BCUT2D eigenvalue weighted by Gasteiger charge is 2.19. The van der Waals surface area contributed by atoms with Gasteiger partial charge in [-0.3, -0.25) is 5.10 Å². The van der Waals surface area contributed by atoms with Gasteiger partial charge < -0.3 is 4.90 Å². The standard InChI is InChI=1S/C14H19N5/c1-3-4-12-7-14(17-10(2)16-12)19-6-5-13-11(9-19)8-15-18-13/h7-8H,3-6,9H2,1-2H3,(H,15,18). The molecule has 1 aliphatic heterocycles. The Labute approximate surface area is 113 Å². The molecule has 0 aliphatic carbocycles. The fraction of sp³-hybridized carbons (Fsp3) is 0.500. The number of aryl methyl sites for hydroxylation is 2. The van der Waals surface area contributed by atoms with Crippen molar-refractivity contribution in [3.63, 3.8) is 0 Å². The van der Waals surface area contributed by atoms with Gasteiger partial charge >= 0.3 is 0 Å². The summed E-state index contributed by atoms with van der Waals surface area (Å²) in [6, 6.07) is 2.13. The number of H-pyrrole nitrogens is 1. The number of anilines is 1. The summed E-state index contributed by atoms with van der Waals surface area (Å²) in [4.78, 5) is 11.4. The van der Waals surface area contributed by atoms with Crippen molar-refractivity contribution in [2.45, 2.75) is 39.7 Å². The molecule has 2 aromatic rings. The van der Waals surface area contributed by atoms with Crippen LogP contribution in [-0.4, -0.2) is 26.7 Å². The van der Waals surface area contributed by atoms with E-state index < -0.39 is 0 Å². The van der Waals surface area contributed by atoms with Gasteiger partial charge in [0.05, 0.1) is 6.20 Å². The van der Waals surface area contributed by atoms with Gasteiger partial charge in [0.2, 0.25) is 0 Å². The van der Waals surface area contributed by atoms with Crippen LogP contribution in [0, 0.1) is 6.92 Å². The van der Waals surface area contributed by atoms with Gasteiger partial charge in [0.15, 0.2) is 0 Å². The summed E-state index contributed by atoms with van der Waals surface area (Å²) in [5, 5.41) is 7.18. The monoisotopic (exact) mass is 257 g/mol. The summed E-state index contributed by atoms with van der Waals surface area (Å²) in [7, 11) is 0. The maximum Gasteiger partial charge on any atom is 0.132 e. The molecule has 0 unspecified atom stereocenters. The van der Waals surface area contributed by atoms with Gasteiger partial charge in [-0.15, -0.1) is 0 Å². The molecule has 0 spiro atoms. The summed E-state index contributed by atoms with van der Waals surface area (Å²) in [5.74, 6) is 1.90. The molecule has 100 valence electrons. The van der Waals surface area contributed by atoms with Crippen LogP contribution >= 0.6 is 0 Å². The molecule has 0 saturated heterocycles. The third-order valence-electron chi connectivity index (χ3n) is 3.51. The molecule has 1 N–H and O–H groups in total. The highest BCUT2D eigenvalue weighted by atomic mass is 15.2. The van der Waals surface area contributed by atoms with Crippen LogP contribution < -0.4 is 4.90 Å². The quantitative estimate of drug-likeness (QED) is 0.914. The van der Waals surface area contributed by atoms with Gasteiger partial charge in [-0.1, -0.05) is 13.3 Å². The third kappa shape index (κ3) is 2.45. The van der Waals surface area contributed by atoms with Crippen molar-refractivity contribution in [3.8, 4) is 0 Å². The van der Waals surface area contributed by atoms with Crippen molar-refractivity contribution in [3.05, 3.63) is 35.0 Å². The molecule has 0 saturated carbocycles. The van der Waals surface area contributed by atoms with E-state index >= 15 is 0 Å². The molecule has 19 heavy (non-hydrogen) atoms. The first-order valence-electron chi connectivity index (χ1n) is 6.87. The highest BCUT2D eigenvalue weighted by Crippen LogP contribution is 2.22. The zero-order valence-corrected chi connectivity index (χ0v) is 11.5. The topological polar surface area (TPSA) is 57.7 Å². The number of hydrogen-bond acceptors (Lipinski definition) is 4. The molecule has 2 aromatic heterocycles. The van der Waals surface area contributed by atoms with Crippen molar-refractivity contribution in [1.82, 2.24) is 20.2 Å². The Hall–Kier alpha value is -1.91. The minimum atomic E-state index is 0.860. The second-order valence-electron chi connectivity index (χ2n) is 5.06. The molecule has 0 fully saturated rings. The average Bonchev–Trinajstić information content (AvgIpc) is 2.85. The normalized spacial score (nSPS) is 14.5. The molecule has 0 radical (unpaired) electrons. The van der Waals surface area contributed by atoms with Crippen LogP contribution in [-0.2, 0) is 19.4 Å². The van der Waals surface area contributed by atoms with Crippen molar-refractivity contribution in [2.24, 2.45) is 0 Å². The summed E-state index contributed by atoms with van der Waals surface area (Å²) in [6.07, 6.45) is 5.05. The number of nitrogens with one attached hydrogen (secondary N) is 1. The number of aromatic amines is 1. The Kier molecular flexibility index (Phi) is 3.19. The molecular weight excluding hydrogens is 238 g/mol. The van der Waals surface area contributed by atoms with E-state index in [1.54, 1.807) is 0 Å². The second-order valence-corrected chi connectivity index (χ2v) is 5.06. The van der Waals surface area contributed by atoms with Crippen molar-refractivity contribution >= 4 is 5.82 Å². The fourth-order valence-corrected chi connectivity index (χ4v) is 2.58. The first-order valence-corrected chi connectivity index (χ1v) is 6.87. The van der Waals surface area contributed by atoms with E-state index in [-0.39, 0.29) is 0 Å². The fourth-order valence-electron chi connectivity index (χ4n) is 2.58. The van der Waals surface area contributed by atoms with Crippen molar-refractivity contribution < 1.29 is 0 Å². The molecule has 0 atom stereocenters. The Morgan fingerprint density at radius 1 is 1.37 bits per heavy atom. The van der Waals surface area contributed by atoms with Gasteiger partial charge in [-0.2, -0.15) is 5.10 Å². The first-order chi connectivity index (χ1) is 9.26. The predicted octanol–water partition coefficient (Wildman–Crippen LogP) is 2.02. The van der Waals surface area contributed by atoms with Gasteiger partial charge in [0, 0.05) is 42.5 Å². The first kappa shape index (κ1) is 12.1. The Morgan fingerprint density at radius 2 is 2.26 bits per heavy atom. The van der Waals surface area contributed by atoms with Crippen molar-refractivity contribution in [1.29, 1.82) is 0 Å². The minimum absolute atomic E-state index is 0.860. The average molecular weight is 257 g/mol. The Morgan fingerprint density at radius 3 is 3.11 bits per heavy atom. The van der Waals surface area contributed by atoms with Crippen LogP contribution in [0.25, 0.3) is 0 Å². The number of aromatic nitrogens is 4. The van der Waals surface area contributed by atoms with Crippen LogP contribution in [0.5, 0.6) is 0 Å². The lowest BCUT2D eigenvalue weighted by molar-refractivity contribution is 0.704. The van der Waals surface area contributed by atoms with Gasteiger partial charge in [0.25, 0.3) is 0 Å². The van der Waals surface area contributed by atoms with Crippen LogP contribution in [0.15, 0.2) is 12.3 Å². The molecule has 0 amide bonds. The summed E-state index contributed by atoms with van der Waals surface area (Å²) >= 11 is 0. The number of rotatable bonds is 3. The third-order valence-corrected chi connectivity index (χ3v) is 3.51. The van der Waals surface area contributed by atoms with Crippen LogP contribution in [0.2, 0.25) is 0 Å². The van der Waals surface area contributed by atoms with Crippen LogP contribution in [0.4, 0.5) is 5.82 Å². The van der Waals surface area contributed by atoms with E-state index in [9.17, 15) is 0 Å². The van der Waals surface area contributed by atoms with E-state index in [2.05, 4.69) is 38.1 Å². The van der Waals surface area contributed by atoms with Crippen LogP contribution in [0.1, 0.15) is 36.1 Å². The zero-order chi connectivity index (χ0) is 13.2. The summed E-state index contributed by atoms with van der Waals surface area (Å²) < 4.78 is 0. The molecular formula is C14H19N5. The van der Waals surface area contributed by atoms with E-state index in [0.29, 0.717) is 0 Å². The lowest BCUT2D eigenvalue weighted by Crippen LogP contribution is -2.31. The Balaban J connectivity index is 1.87. The minimum Gasteiger partial charge on any atom is -0.352 e. The molecule has 0 aromatic carbocycles.